The highest BCUT2D eigenvalue weighted by Crippen LogP contribution is 2.34. The van der Waals surface area contributed by atoms with Crippen LogP contribution in [0.25, 0.3) is 32.3 Å². The molecule has 0 N–H and O–H groups in total. The number of benzene rings is 4. The Morgan fingerprint density at radius 2 is 1.05 bits per heavy atom. The van der Waals surface area contributed by atoms with E-state index in [9.17, 15) is 4.39 Å². The molecule has 4 aromatic rings. The van der Waals surface area contributed by atoms with Gasteiger partial charge in [-0.15, -0.1) is 0 Å². The zero-order valence-electron chi connectivity index (χ0n) is 10.2. The summed E-state index contributed by atoms with van der Waals surface area (Å²) in [5.41, 5.74) is 0. The highest BCUT2D eigenvalue weighted by atomic mass is 19.1. The molecule has 0 amide bonds. The molecular formula is C18H10F. The lowest BCUT2D eigenvalue weighted by Crippen LogP contribution is -1.84. The Morgan fingerprint density at radius 1 is 0.579 bits per heavy atom. The topological polar surface area (TPSA) is 0 Å². The second-order valence-corrected chi connectivity index (χ2v) is 4.69. The summed E-state index contributed by atoms with van der Waals surface area (Å²) in [6.45, 7) is 0. The zero-order valence-corrected chi connectivity index (χ0v) is 10.2. The van der Waals surface area contributed by atoms with Gasteiger partial charge < -0.3 is 0 Å². The summed E-state index contributed by atoms with van der Waals surface area (Å²) in [5.74, 6) is -0.312. The quantitative estimate of drug-likeness (QED) is 0.379. The monoisotopic (exact) mass is 245 g/mol. The van der Waals surface area contributed by atoms with E-state index in [1.54, 1.807) is 0 Å². The number of hydrogen-bond donors (Lipinski definition) is 0. The van der Waals surface area contributed by atoms with Crippen molar-refractivity contribution < 1.29 is 4.39 Å². The maximum atomic E-state index is 13.5. The van der Waals surface area contributed by atoms with Gasteiger partial charge in [0.1, 0.15) is 5.82 Å². The van der Waals surface area contributed by atoms with Crippen LogP contribution in [0.3, 0.4) is 0 Å². The summed E-state index contributed by atoms with van der Waals surface area (Å²) < 4.78 is 13.5. The molecule has 0 unspecified atom stereocenters. The van der Waals surface area contributed by atoms with Crippen LogP contribution < -0.4 is 0 Å². The van der Waals surface area contributed by atoms with Gasteiger partial charge in [-0.05, 0) is 33.0 Å². The Morgan fingerprint density at radius 3 is 1.68 bits per heavy atom. The molecule has 4 aromatic carbocycles. The van der Waals surface area contributed by atoms with Crippen molar-refractivity contribution in [3.63, 3.8) is 0 Å². The van der Waals surface area contributed by atoms with Crippen LogP contribution in [0.5, 0.6) is 0 Å². The van der Waals surface area contributed by atoms with Gasteiger partial charge >= 0.3 is 0 Å². The lowest BCUT2D eigenvalue weighted by Gasteiger charge is -2.09. The van der Waals surface area contributed by atoms with Crippen LogP contribution in [0.1, 0.15) is 0 Å². The van der Waals surface area contributed by atoms with Gasteiger partial charge in [-0.3, -0.25) is 0 Å². The Hall–Kier alpha value is -2.41. The second kappa shape index (κ2) is 3.79. The van der Waals surface area contributed by atoms with Crippen molar-refractivity contribution in [2.75, 3.05) is 0 Å². The Kier molecular flexibility index (Phi) is 2.10. The van der Waals surface area contributed by atoms with Crippen LogP contribution in [0, 0.1) is 11.9 Å². The van der Waals surface area contributed by atoms with Crippen molar-refractivity contribution >= 4 is 32.3 Å². The largest absolute Gasteiger partial charge is 0.206 e. The predicted octanol–water partition coefficient (Wildman–Crippen LogP) is 5.09. The molecule has 0 saturated carbocycles. The first-order valence-electron chi connectivity index (χ1n) is 6.25. The van der Waals surface area contributed by atoms with Gasteiger partial charge in [-0.2, -0.15) is 0 Å². The highest BCUT2D eigenvalue weighted by molar-refractivity contribution is 6.25. The standard InChI is InChI=1S/C18H10F/c19-12-9-10-17-15-7-2-1-5-13(15)14-6-3-4-8-16(14)18(17)11-12/h1-10H. The van der Waals surface area contributed by atoms with Crippen LogP contribution in [0.4, 0.5) is 4.39 Å². The fourth-order valence-corrected chi connectivity index (χ4v) is 2.79. The van der Waals surface area contributed by atoms with Crippen LogP contribution >= 0.6 is 0 Å². The maximum absolute atomic E-state index is 13.5. The molecule has 0 aromatic heterocycles. The Labute approximate surface area is 110 Å². The average Bonchev–Trinajstić information content (AvgIpc) is 2.47. The van der Waals surface area contributed by atoms with Crippen molar-refractivity contribution in [1.82, 2.24) is 0 Å². The summed E-state index contributed by atoms with van der Waals surface area (Å²) in [6.07, 6.45) is 0. The molecular weight excluding hydrogens is 235 g/mol. The van der Waals surface area contributed by atoms with Gasteiger partial charge in [0.05, 0.1) is 0 Å². The lowest BCUT2D eigenvalue weighted by atomic mass is 9.94. The first kappa shape index (κ1) is 10.5. The molecule has 0 aliphatic carbocycles. The van der Waals surface area contributed by atoms with Crippen LogP contribution in [0.15, 0.2) is 60.7 Å². The molecule has 89 valence electrons. The van der Waals surface area contributed by atoms with E-state index < -0.39 is 0 Å². The van der Waals surface area contributed by atoms with Crippen molar-refractivity contribution in [3.8, 4) is 0 Å². The summed E-state index contributed by atoms with van der Waals surface area (Å²) >= 11 is 0. The number of halogens is 1. The zero-order chi connectivity index (χ0) is 12.8. The number of fused-ring (bicyclic) bond motifs is 6. The molecule has 0 aliphatic heterocycles. The second-order valence-electron chi connectivity index (χ2n) is 4.69. The fourth-order valence-electron chi connectivity index (χ4n) is 2.79. The van der Waals surface area contributed by atoms with E-state index in [1.165, 1.54) is 11.5 Å². The first-order chi connectivity index (χ1) is 9.34. The van der Waals surface area contributed by atoms with Crippen molar-refractivity contribution in [2.45, 2.75) is 0 Å². The van der Waals surface area contributed by atoms with Crippen LogP contribution in [-0.4, -0.2) is 0 Å². The average molecular weight is 245 g/mol. The summed E-state index contributed by atoms with van der Waals surface area (Å²) in [4.78, 5) is 0. The van der Waals surface area contributed by atoms with Gasteiger partial charge in [0, 0.05) is 11.5 Å². The molecule has 1 radical (unpaired) electrons. The lowest BCUT2D eigenvalue weighted by molar-refractivity contribution is 0.628. The van der Waals surface area contributed by atoms with E-state index in [-0.39, 0.29) is 5.82 Å². The minimum atomic E-state index is -0.312. The van der Waals surface area contributed by atoms with E-state index in [2.05, 4.69) is 24.3 Å². The summed E-state index contributed by atoms with van der Waals surface area (Å²) in [6, 6.07) is 22.5. The van der Waals surface area contributed by atoms with E-state index in [0.717, 1.165) is 26.9 Å². The van der Waals surface area contributed by atoms with Crippen LogP contribution in [-0.2, 0) is 0 Å². The molecule has 0 spiro atoms. The summed E-state index contributed by atoms with van der Waals surface area (Å²) in [5, 5.41) is 6.45. The molecule has 0 nitrogen and oxygen atoms in total. The van der Waals surface area contributed by atoms with E-state index in [0.29, 0.717) is 0 Å². The molecule has 1 heteroatoms. The molecule has 0 fully saturated rings. The molecule has 0 aliphatic rings. The minimum Gasteiger partial charge on any atom is -0.206 e. The molecule has 0 saturated heterocycles. The van der Waals surface area contributed by atoms with Crippen molar-refractivity contribution in [1.29, 1.82) is 0 Å². The molecule has 0 bridgehead atoms. The van der Waals surface area contributed by atoms with Gasteiger partial charge in [0.2, 0.25) is 0 Å². The Bertz CT molecular complexity index is 887. The number of hydrogen-bond acceptors (Lipinski definition) is 0. The smallest absolute Gasteiger partial charge is 0.131 e. The predicted molar refractivity (Wildman–Crippen MR) is 77.8 cm³/mol. The molecule has 4 rings (SSSR count). The number of rotatable bonds is 0. The fraction of sp³-hybridized carbons (Fsp3) is 0. The third-order valence-electron chi connectivity index (χ3n) is 3.61. The van der Waals surface area contributed by atoms with Crippen LogP contribution in [0.2, 0.25) is 0 Å². The molecule has 0 atom stereocenters. The van der Waals surface area contributed by atoms with Gasteiger partial charge in [-0.25, -0.2) is 4.39 Å². The van der Waals surface area contributed by atoms with E-state index in [1.807, 2.05) is 36.4 Å². The Balaban J connectivity index is 2.43. The third kappa shape index (κ3) is 1.45. The molecule has 19 heavy (non-hydrogen) atoms. The SMILES string of the molecule is Fc1[c]c2c3ccccc3c3ccccc3c2cc1. The van der Waals surface area contributed by atoms with E-state index in [4.69, 9.17) is 0 Å². The minimum absolute atomic E-state index is 0.312. The van der Waals surface area contributed by atoms with E-state index >= 15 is 0 Å². The van der Waals surface area contributed by atoms with Gasteiger partial charge in [0.25, 0.3) is 0 Å². The van der Waals surface area contributed by atoms with Gasteiger partial charge in [-0.1, -0.05) is 54.6 Å². The highest BCUT2D eigenvalue weighted by Gasteiger charge is 2.08. The summed E-state index contributed by atoms with van der Waals surface area (Å²) in [7, 11) is 0. The van der Waals surface area contributed by atoms with Gasteiger partial charge in [0.15, 0.2) is 0 Å². The first-order valence-corrected chi connectivity index (χ1v) is 6.25. The van der Waals surface area contributed by atoms with Crippen molar-refractivity contribution in [2.24, 2.45) is 0 Å². The molecule has 0 heterocycles. The van der Waals surface area contributed by atoms with Crippen molar-refractivity contribution in [3.05, 3.63) is 72.5 Å². The normalized spacial score (nSPS) is 11.4. The third-order valence-corrected chi connectivity index (χ3v) is 3.61. The maximum Gasteiger partial charge on any atom is 0.131 e.